The third-order valence-corrected chi connectivity index (χ3v) is 3.43. The highest BCUT2D eigenvalue weighted by atomic mass is 32.2. The summed E-state index contributed by atoms with van der Waals surface area (Å²) >= 11 is 1.83. The summed E-state index contributed by atoms with van der Waals surface area (Å²) in [7, 11) is 0. The molecule has 90 valence electrons. The first-order valence-electron chi connectivity index (χ1n) is 5.98. The molecule has 0 fully saturated rings. The summed E-state index contributed by atoms with van der Waals surface area (Å²) in [5.74, 6) is 0.721. The van der Waals surface area contributed by atoms with Crippen LogP contribution in [0, 0.1) is 5.92 Å². The van der Waals surface area contributed by atoms with E-state index in [1.54, 1.807) is 0 Å². The molecular weight excluding hydrogens is 214 g/mol. The number of hydrogen-bond donors (Lipinski definition) is 1. The second-order valence-corrected chi connectivity index (χ2v) is 5.57. The highest BCUT2D eigenvalue weighted by Gasteiger charge is 2.06. The van der Waals surface area contributed by atoms with Gasteiger partial charge < -0.3 is 5.32 Å². The van der Waals surface area contributed by atoms with Gasteiger partial charge in [-0.1, -0.05) is 32.0 Å². The van der Waals surface area contributed by atoms with Gasteiger partial charge >= 0.3 is 0 Å². The van der Waals surface area contributed by atoms with Crippen LogP contribution in [0.4, 0.5) is 0 Å². The van der Waals surface area contributed by atoms with Crippen molar-refractivity contribution in [3.8, 4) is 0 Å². The molecule has 0 spiro atoms. The van der Waals surface area contributed by atoms with Crippen LogP contribution in [0.25, 0.3) is 0 Å². The van der Waals surface area contributed by atoms with Crippen LogP contribution in [-0.2, 0) is 6.42 Å². The van der Waals surface area contributed by atoms with Gasteiger partial charge in [0, 0.05) is 10.9 Å². The summed E-state index contributed by atoms with van der Waals surface area (Å²) in [5, 5.41) is 3.57. The molecule has 16 heavy (non-hydrogen) atoms. The van der Waals surface area contributed by atoms with Crippen molar-refractivity contribution in [1.82, 2.24) is 5.32 Å². The average molecular weight is 237 g/mol. The van der Waals surface area contributed by atoms with Gasteiger partial charge in [0.05, 0.1) is 0 Å². The van der Waals surface area contributed by atoms with Crippen molar-refractivity contribution >= 4 is 11.8 Å². The third-order valence-electron chi connectivity index (χ3n) is 2.59. The van der Waals surface area contributed by atoms with E-state index >= 15 is 0 Å². The lowest BCUT2D eigenvalue weighted by molar-refractivity contribution is 0.480. The van der Waals surface area contributed by atoms with Gasteiger partial charge in [-0.25, -0.2) is 0 Å². The Bertz CT molecular complexity index is 309. The molecule has 1 atom stereocenters. The second kappa shape index (κ2) is 6.97. The summed E-state index contributed by atoms with van der Waals surface area (Å²) in [6, 6.07) is 9.23. The lowest BCUT2D eigenvalue weighted by atomic mass is 10.1. The summed E-state index contributed by atoms with van der Waals surface area (Å²) in [4.78, 5) is 1.40. The van der Waals surface area contributed by atoms with Gasteiger partial charge in [-0.15, -0.1) is 11.8 Å². The van der Waals surface area contributed by atoms with Gasteiger partial charge in [0.15, 0.2) is 0 Å². The lowest BCUT2D eigenvalue weighted by Gasteiger charge is -2.17. The number of rotatable bonds is 6. The molecule has 1 N–H and O–H groups in total. The normalized spacial score (nSPS) is 13.1. The van der Waals surface area contributed by atoms with E-state index in [0.29, 0.717) is 6.04 Å². The molecule has 0 aliphatic heterocycles. The lowest BCUT2D eigenvalue weighted by Crippen LogP contribution is -2.31. The molecule has 0 aliphatic rings. The fourth-order valence-corrected chi connectivity index (χ4v) is 2.34. The Morgan fingerprint density at radius 1 is 1.19 bits per heavy atom. The summed E-state index contributed by atoms with van der Waals surface area (Å²) < 4.78 is 0. The Morgan fingerprint density at radius 3 is 2.50 bits per heavy atom. The standard InChI is InChI=1S/C14H23NS/c1-11(2)10-15-12(3)9-13-7-5-6-8-14(13)16-4/h5-8,11-12,15H,9-10H2,1-4H3. The molecule has 2 heteroatoms. The zero-order chi connectivity index (χ0) is 12.0. The van der Waals surface area contributed by atoms with Gasteiger partial charge in [-0.3, -0.25) is 0 Å². The molecule has 0 saturated heterocycles. The van der Waals surface area contributed by atoms with Crippen molar-refractivity contribution in [1.29, 1.82) is 0 Å². The molecule has 1 aromatic rings. The van der Waals surface area contributed by atoms with Crippen molar-refractivity contribution in [2.24, 2.45) is 5.92 Å². The average Bonchev–Trinajstić information content (AvgIpc) is 2.27. The molecule has 0 bridgehead atoms. The van der Waals surface area contributed by atoms with Gasteiger partial charge in [-0.2, -0.15) is 0 Å². The maximum Gasteiger partial charge on any atom is 0.0102 e. The van der Waals surface area contributed by atoms with E-state index < -0.39 is 0 Å². The third kappa shape index (κ3) is 4.58. The van der Waals surface area contributed by atoms with E-state index in [-0.39, 0.29) is 0 Å². The Hall–Kier alpha value is -0.470. The van der Waals surface area contributed by atoms with Crippen molar-refractivity contribution in [3.63, 3.8) is 0 Å². The summed E-state index contributed by atoms with van der Waals surface area (Å²) in [6.45, 7) is 7.85. The van der Waals surface area contributed by atoms with Gasteiger partial charge in [-0.05, 0) is 43.7 Å². The number of nitrogens with one attached hydrogen (secondary N) is 1. The number of benzene rings is 1. The maximum absolute atomic E-state index is 3.57. The second-order valence-electron chi connectivity index (χ2n) is 4.72. The molecule has 0 heterocycles. The van der Waals surface area contributed by atoms with Crippen LogP contribution >= 0.6 is 11.8 Å². The fraction of sp³-hybridized carbons (Fsp3) is 0.571. The van der Waals surface area contributed by atoms with E-state index in [1.165, 1.54) is 10.5 Å². The van der Waals surface area contributed by atoms with Gasteiger partial charge in [0.25, 0.3) is 0 Å². The Kier molecular flexibility index (Phi) is 5.93. The Morgan fingerprint density at radius 2 is 1.88 bits per heavy atom. The first kappa shape index (κ1) is 13.6. The van der Waals surface area contributed by atoms with Crippen LogP contribution in [0.1, 0.15) is 26.3 Å². The summed E-state index contributed by atoms with van der Waals surface area (Å²) in [5.41, 5.74) is 1.46. The minimum Gasteiger partial charge on any atom is -0.314 e. The van der Waals surface area contributed by atoms with Crippen LogP contribution in [0.3, 0.4) is 0 Å². The quantitative estimate of drug-likeness (QED) is 0.759. The van der Waals surface area contributed by atoms with Crippen LogP contribution in [0.2, 0.25) is 0 Å². The van der Waals surface area contributed by atoms with Crippen LogP contribution < -0.4 is 5.32 Å². The van der Waals surface area contributed by atoms with E-state index in [9.17, 15) is 0 Å². The zero-order valence-electron chi connectivity index (χ0n) is 10.8. The molecule has 0 amide bonds. The Balaban J connectivity index is 2.51. The molecule has 1 unspecified atom stereocenters. The van der Waals surface area contributed by atoms with Crippen molar-refractivity contribution in [2.75, 3.05) is 12.8 Å². The van der Waals surface area contributed by atoms with Crippen molar-refractivity contribution in [3.05, 3.63) is 29.8 Å². The Labute approximate surface area is 104 Å². The molecular formula is C14H23NS. The van der Waals surface area contributed by atoms with Crippen LogP contribution in [0.15, 0.2) is 29.2 Å². The van der Waals surface area contributed by atoms with Crippen LogP contribution in [0.5, 0.6) is 0 Å². The van der Waals surface area contributed by atoms with E-state index in [2.05, 4.69) is 56.6 Å². The minimum absolute atomic E-state index is 0.552. The molecule has 1 rings (SSSR count). The first-order chi connectivity index (χ1) is 7.63. The molecule has 0 aromatic heterocycles. The molecule has 1 nitrogen and oxygen atoms in total. The van der Waals surface area contributed by atoms with Crippen molar-refractivity contribution in [2.45, 2.75) is 38.1 Å². The van der Waals surface area contributed by atoms with E-state index in [0.717, 1.165) is 18.9 Å². The molecule has 0 aliphatic carbocycles. The highest BCUT2D eigenvalue weighted by Crippen LogP contribution is 2.20. The first-order valence-corrected chi connectivity index (χ1v) is 7.21. The molecule has 0 saturated carbocycles. The zero-order valence-corrected chi connectivity index (χ0v) is 11.6. The molecule has 1 aromatic carbocycles. The van der Waals surface area contributed by atoms with Gasteiger partial charge in [0.2, 0.25) is 0 Å². The topological polar surface area (TPSA) is 12.0 Å². The highest BCUT2D eigenvalue weighted by molar-refractivity contribution is 7.98. The maximum atomic E-state index is 3.57. The minimum atomic E-state index is 0.552. The number of hydrogen-bond acceptors (Lipinski definition) is 2. The monoisotopic (exact) mass is 237 g/mol. The van der Waals surface area contributed by atoms with E-state index in [4.69, 9.17) is 0 Å². The van der Waals surface area contributed by atoms with Crippen molar-refractivity contribution < 1.29 is 0 Å². The predicted molar refractivity (Wildman–Crippen MR) is 74.2 cm³/mol. The van der Waals surface area contributed by atoms with E-state index in [1.807, 2.05) is 11.8 Å². The number of thioether (sulfide) groups is 1. The summed E-state index contributed by atoms with van der Waals surface area (Å²) in [6.07, 6.45) is 3.26. The largest absolute Gasteiger partial charge is 0.314 e. The fourth-order valence-electron chi connectivity index (χ4n) is 1.71. The molecule has 0 radical (unpaired) electrons. The smallest absolute Gasteiger partial charge is 0.0102 e. The van der Waals surface area contributed by atoms with Crippen LogP contribution in [-0.4, -0.2) is 18.8 Å². The SMILES string of the molecule is CSc1ccccc1CC(C)NCC(C)C. The predicted octanol–water partition coefficient (Wildman–Crippen LogP) is 3.59. The van der Waals surface area contributed by atoms with Gasteiger partial charge in [0.1, 0.15) is 0 Å².